The summed E-state index contributed by atoms with van der Waals surface area (Å²) in [5.74, 6) is 0.316. The fourth-order valence-corrected chi connectivity index (χ4v) is 4.93. The second kappa shape index (κ2) is 8.30. The third-order valence-electron chi connectivity index (χ3n) is 5.18. The highest BCUT2D eigenvalue weighted by Crippen LogP contribution is 2.25. The predicted molar refractivity (Wildman–Crippen MR) is 115 cm³/mol. The van der Waals surface area contributed by atoms with Crippen molar-refractivity contribution in [2.45, 2.75) is 17.9 Å². The van der Waals surface area contributed by atoms with Crippen molar-refractivity contribution in [2.75, 3.05) is 19.0 Å². The average molecular weight is 423 g/mol. The summed E-state index contributed by atoms with van der Waals surface area (Å²) in [7, 11) is -2.07. The first-order valence-corrected chi connectivity index (χ1v) is 11.0. The first-order chi connectivity index (χ1) is 14.5. The molecule has 30 heavy (non-hydrogen) atoms. The van der Waals surface area contributed by atoms with Crippen LogP contribution in [0.15, 0.2) is 77.7 Å². The van der Waals surface area contributed by atoms with Gasteiger partial charge in [-0.3, -0.25) is 4.79 Å². The molecule has 154 valence electrons. The van der Waals surface area contributed by atoms with Crippen molar-refractivity contribution in [1.82, 2.24) is 4.31 Å². The van der Waals surface area contributed by atoms with E-state index < -0.39 is 10.0 Å². The molecule has 0 atom stereocenters. The number of carbonyl (C=O) groups is 1. The number of amides is 1. The molecule has 0 aromatic heterocycles. The van der Waals surface area contributed by atoms with Crippen LogP contribution in [0.5, 0.6) is 5.75 Å². The number of anilines is 1. The summed E-state index contributed by atoms with van der Waals surface area (Å²) in [5.41, 5.74) is 3.19. The Balaban J connectivity index is 1.49. The first-order valence-electron chi connectivity index (χ1n) is 9.60. The number of fused-ring (bicyclic) bond motifs is 1. The summed E-state index contributed by atoms with van der Waals surface area (Å²) >= 11 is 0. The fraction of sp³-hybridized carbons (Fsp3) is 0.174. The molecular formula is C23H22N2O4S. The second-order valence-electron chi connectivity index (χ2n) is 7.07. The van der Waals surface area contributed by atoms with Crippen molar-refractivity contribution in [1.29, 1.82) is 0 Å². The quantitative estimate of drug-likeness (QED) is 0.680. The van der Waals surface area contributed by atoms with Crippen LogP contribution in [0, 0.1) is 0 Å². The van der Waals surface area contributed by atoms with Crippen molar-refractivity contribution in [2.24, 2.45) is 0 Å². The van der Waals surface area contributed by atoms with Crippen LogP contribution in [0.3, 0.4) is 0 Å². The molecule has 3 aromatic carbocycles. The van der Waals surface area contributed by atoms with Crippen LogP contribution in [-0.4, -0.2) is 32.3 Å². The molecular weight excluding hydrogens is 400 g/mol. The van der Waals surface area contributed by atoms with E-state index in [2.05, 4.69) is 5.32 Å². The Morgan fingerprint density at radius 3 is 2.43 bits per heavy atom. The number of ether oxygens (including phenoxy) is 1. The Hall–Kier alpha value is -3.16. The van der Waals surface area contributed by atoms with E-state index in [1.165, 1.54) is 34.1 Å². The maximum atomic E-state index is 13.1. The minimum Gasteiger partial charge on any atom is -0.497 e. The maximum absolute atomic E-state index is 13.1. The van der Waals surface area contributed by atoms with Crippen molar-refractivity contribution < 1.29 is 17.9 Å². The zero-order valence-corrected chi connectivity index (χ0v) is 17.4. The van der Waals surface area contributed by atoms with E-state index in [-0.39, 0.29) is 10.8 Å². The Morgan fingerprint density at radius 1 is 0.967 bits per heavy atom. The Kier molecular flexibility index (Phi) is 5.57. The standard InChI is InChI=1S/C23H22N2O4S/c1-29-21-8-4-7-20(15-21)24-23(26)18-9-11-22(12-10-18)30(27,28)25-14-13-17-5-2-3-6-19(17)16-25/h2-12,15H,13-14,16H2,1H3,(H,24,26). The monoisotopic (exact) mass is 422 g/mol. The number of hydrogen-bond donors (Lipinski definition) is 1. The minimum atomic E-state index is -3.63. The lowest BCUT2D eigenvalue weighted by molar-refractivity contribution is 0.102. The van der Waals surface area contributed by atoms with E-state index in [0.29, 0.717) is 36.5 Å². The largest absolute Gasteiger partial charge is 0.497 e. The number of nitrogens with zero attached hydrogens (tertiary/aromatic N) is 1. The van der Waals surface area contributed by atoms with Crippen molar-refractivity contribution >= 4 is 21.6 Å². The summed E-state index contributed by atoms with van der Waals surface area (Å²) < 4.78 is 32.7. The summed E-state index contributed by atoms with van der Waals surface area (Å²) in [5, 5.41) is 2.79. The highest BCUT2D eigenvalue weighted by atomic mass is 32.2. The molecule has 6 nitrogen and oxygen atoms in total. The van der Waals surface area contributed by atoms with E-state index >= 15 is 0 Å². The van der Waals surface area contributed by atoms with Gasteiger partial charge in [0.1, 0.15) is 5.75 Å². The molecule has 0 spiro atoms. The molecule has 0 unspecified atom stereocenters. The molecule has 1 N–H and O–H groups in total. The zero-order chi connectivity index (χ0) is 21.1. The molecule has 4 rings (SSSR count). The van der Waals surface area contributed by atoms with Crippen LogP contribution in [0.4, 0.5) is 5.69 Å². The van der Waals surface area contributed by atoms with Crippen LogP contribution in [0.25, 0.3) is 0 Å². The predicted octanol–water partition coefficient (Wildman–Crippen LogP) is 3.69. The number of sulfonamides is 1. The van der Waals surface area contributed by atoms with E-state index in [4.69, 9.17) is 4.74 Å². The fourth-order valence-electron chi connectivity index (χ4n) is 3.51. The van der Waals surface area contributed by atoms with Crippen LogP contribution < -0.4 is 10.1 Å². The van der Waals surface area contributed by atoms with E-state index in [9.17, 15) is 13.2 Å². The highest BCUT2D eigenvalue weighted by molar-refractivity contribution is 7.89. The zero-order valence-electron chi connectivity index (χ0n) is 16.5. The van der Waals surface area contributed by atoms with Gasteiger partial charge < -0.3 is 10.1 Å². The van der Waals surface area contributed by atoms with Gasteiger partial charge in [-0.25, -0.2) is 8.42 Å². The van der Waals surface area contributed by atoms with E-state index in [1.807, 2.05) is 24.3 Å². The molecule has 0 aliphatic carbocycles. The van der Waals surface area contributed by atoms with Gasteiger partial charge in [0.05, 0.1) is 12.0 Å². The number of benzene rings is 3. The molecule has 1 amide bonds. The van der Waals surface area contributed by atoms with Crippen molar-refractivity contribution in [3.8, 4) is 5.75 Å². The first kappa shape index (κ1) is 20.1. The highest BCUT2D eigenvalue weighted by Gasteiger charge is 2.28. The van der Waals surface area contributed by atoms with Crippen LogP contribution in [-0.2, 0) is 23.0 Å². The third-order valence-corrected chi connectivity index (χ3v) is 7.04. The number of methoxy groups -OCH3 is 1. The van der Waals surface area contributed by atoms with Gasteiger partial charge in [0.15, 0.2) is 0 Å². The molecule has 1 aliphatic heterocycles. The number of hydrogen-bond acceptors (Lipinski definition) is 4. The average Bonchev–Trinajstić information content (AvgIpc) is 2.79. The smallest absolute Gasteiger partial charge is 0.255 e. The minimum absolute atomic E-state index is 0.180. The van der Waals surface area contributed by atoms with Gasteiger partial charge in [0, 0.05) is 30.4 Å². The van der Waals surface area contributed by atoms with Gasteiger partial charge in [-0.2, -0.15) is 4.31 Å². The summed E-state index contributed by atoms with van der Waals surface area (Å²) in [4.78, 5) is 12.7. The van der Waals surface area contributed by atoms with Gasteiger partial charge >= 0.3 is 0 Å². The molecule has 7 heteroatoms. The molecule has 0 bridgehead atoms. The van der Waals surface area contributed by atoms with Gasteiger partial charge in [-0.05, 0) is 53.9 Å². The van der Waals surface area contributed by atoms with Crippen molar-refractivity contribution in [3.05, 3.63) is 89.5 Å². The van der Waals surface area contributed by atoms with Gasteiger partial charge in [-0.15, -0.1) is 0 Å². The molecule has 0 fully saturated rings. The van der Waals surface area contributed by atoms with Gasteiger partial charge in [-0.1, -0.05) is 30.3 Å². The summed E-state index contributed by atoms with van der Waals surface area (Å²) in [6.45, 7) is 0.800. The topological polar surface area (TPSA) is 75.7 Å². The molecule has 1 aliphatic rings. The number of carbonyl (C=O) groups excluding carboxylic acids is 1. The molecule has 0 saturated carbocycles. The Morgan fingerprint density at radius 2 is 1.70 bits per heavy atom. The lowest BCUT2D eigenvalue weighted by Crippen LogP contribution is -2.35. The lowest BCUT2D eigenvalue weighted by Gasteiger charge is -2.28. The van der Waals surface area contributed by atoms with Crippen molar-refractivity contribution in [3.63, 3.8) is 0 Å². The van der Waals surface area contributed by atoms with E-state index in [0.717, 1.165) is 5.56 Å². The maximum Gasteiger partial charge on any atom is 0.255 e. The molecule has 1 heterocycles. The Labute approximate surface area is 176 Å². The SMILES string of the molecule is COc1cccc(NC(=O)c2ccc(S(=O)(=O)N3CCc4ccccc4C3)cc2)c1. The lowest BCUT2D eigenvalue weighted by atomic mass is 10.0. The second-order valence-corrected chi connectivity index (χ2v) is 9.01. The third kappa shape index (κ3) is 4.08. The van der Waals surface area contributed by atoms with Gasteiger partial charge in [0.25, 0.3) is 5.91 Å². The van der Waals surface area contributed by atoms with Gasteiger partial charge in [0.2, 0.25) is 10.0 Å². The molecule has 3 aromatic rings. The number of rotatable bonds is 5. The van der Waals surface area contributed by atoms with E-state index in [1.54, 1.807) is 31.4 Å². The van der Waals surface area contributed by atoms with Crippen LogP contribution in [0.1, 0.15) is 21.5 Å². The number of nitrogens with one attached hydrogen (secondary N) is 1. The Bertz CT molecular complexity index is 1170. The summed E-state index contributed by atoms with van der Waals surface area (Å²) in [6, 6.07) is 20.9. The molecule has 0 saturated heterocycles. The molecule has 0 radical (unpaired) electrons. The summed E-state index contributed by atoms with van der Waals surface area (Å²) in [6.07, 6.45) is 0.691. The van der Waals surface area contributed by atoms with Crippen LogP contribution >= 0.6 is 0 Å². The van der Waals surface area contributed by atoms with Crippen LogP contribution in [0.2, 0.25) is 0 Å². The normalized spacial score (nSPS) is 14.0.